The molecule has 6 nitrogen and oxygen atoms in total. The lowest BCUT2D eigenvalue weighted by Crippen LogP contribution is -2.43. The van der Waals surface area contributed by atoms with Crippen molar-refractivity contribution in [3.63, 3.8) is 0 Å². The Labute approximate surface area is 113 Å². The molecule has 0 aliphatic heterocycles. The Morgan fingerprint density at radius 3 is 2.16 bits per heavy atom. The number of hydrogen-bond acceptors (Lipinski definition) is 3. The largest absolute Gasteiger partial charge is 0.481 e. The summed E-state index contributed by atoms with van der Waals surface area (Å²) in [6, 6.07) is -1.13. The zero-order valence-electron chi connectivity index (χ0n) is 11.5. The first-order chi connectivity index (χ1) is 8.92. The molecule has 0 saturated carbocycles. The van der Waals surface area contributed by atoms with Gasteiger partial charge in [0.1, 0.15) is 6.04 Å². The van der Waals surface area contributed by atoms with Gasteiger partial charge in [0.15, 0.2) is 0 Å². The Hall–Kier alpha value is -1.59. The molecule has 0 aromatic carbocycles. The smallest absolute Gasteiger partial charge is 0.326 e. The van der Waals surface area contributed by atoms with E-state index in [0.29, 0.717) is 6.42 Å². The molecule has 0 aliphatic rings. The molecule has 110 valence electrons. The van der Waals surface area contributed by atoms with Gasteiger partial charge in [-0.2, -0.15) is 0 Å². The van der Waals surface area contributed by atoms with Crippen molar-refractivity contribution in [1.29, 1.82) is 0 Å². The van der Waals surface area contributed by atoms with Gasteiger partial charge in [0, 0.05) is 12.3 Å². The Kier molecular flexibility index (Phi) is 8.57. The van der Waals surface area contributed by atoms with Crippen molar-refractivity contribution in [2.75, 3.05) is 0 Å². The number of carbonyl (C=O) groups is 3. The van der Waals surface area contributed by atoms with Crippen molar-refractivity contribution >= 4 is 17.8 Å². The van der Waals surface area contributed by atoms with Crippen LogP contribution in [0.5, 0.6) is 0 Å². The number of nitrogens with one attached hydrogen (secondary N) is 1. The van der Waals surface area contributed by atoms with Gasteiger partial charge in [-0.3, -0.25) is 9.59 Å². The standard InChI is InChI=1S/C13H23NO5/c1-3-5-6-9(4-2)12(17)14-10(13(18)19)7-8-11(15)16/h9-10H,3-8H2,1-2H3,(H,14,17)(H,15,16)(H,18,19). The summed E-state index contributed by atoms with van der Waals surface area (Å²) >= 11 is 0. The average Bonchev–Trinajstić information content (AvgIpc) is 2.34. The van der Waals surface area contributed by atoms with Gasteiger partial charge in [0.2, 0.25) is 5.91 Å². The number of carboxylic acid groups (broad SMARTS) is 2. The molecule has 0 bridgehead atoms. The molecule has 0 aromatic heterocycles. The Bertz CT molecular complexity index is 316. The Morgan fingerprint density at radius 2 is 1.74 bits per heavy atom. The van der Waals surface area contributed by atoms with E-state index in [1.165, 1.54) is 0 Å². The van der Waals surface area contributed by atoms with Crippen LogP contribution in [-0.2, 0) is 14.4 Å². The highest BCUT2D eigenvalue weighted by atomic mass is 16.4. The van der Waals surface area contributed by atoms with E-state index >= 15 is 0 Å². The number of aliphatic carboxylic acids is 2. The van der Waals surface area contributed by atoms with Crippen LogP contribution in [0.2, 0.25) is 0 Å². The van der Waals surface area contributed by atoms with Crippen LogP contribution in [0, 0.1) is 5.92 Å². The molecule has 19 heavy (non-hydrogen) atoms. The lowest BCUT2D eigenvalue weighted by molar-refractivity contribution is -0.143. The summed E-state index contributed by atoms with van der Waals surface area (Å²) in [4.78, 5) is 33.3. The summed E-state index contributed by atoms with van der Waals surface area (Å²) < 4.78 is 0. The summed E-state index contributed by atoms with van der Waals surface area (Å²) in [6.45, 7) is 3.91. The second-order valence-electron chi connectivity index (χ2n) is 4.58. The normalized spacial score (nSPS) is 13.6. The third kappa shape index (κ3) is 7.43. The van der Waals surface area contributed by atoms with Gasteiger partial charge in [-0.15, -0.1) is 0 Å². The highest BCUT2D eigenvalue weighted by molar-refractivity contribution is 5.85. The van der Waals surface area contributed by atoms with Gasteiger partial charge >= 0.3 is 11.9 Å². The first-order valence-electron chi connectivity index (χ1n) is 6.67. The molecule has 3 N–H and O–H groups in total. The maximum absolute atomic E-state index is 11.9. The highest BCUT2D eigenvalue weighted by Gasteiger charge is 2.24. The predicted molar refractivity (Wildman–Crippen MR) is 69.7 cm³/mol. The number of carbonyl (C=O) groups excluding carboxylic acids is 1. The Morgan fingerprint density at radius 1 is 1.11 bits per heavy atom. The average molecular weight is 273 g/mol. The molecule has 0 saturated heterocycles. The topological polar surface area (TPSA) is 104 Å². The van der Waals surface area contributed by atoms with Crippen LogP contribution in [0.3, 0.4) is 0 Å². The molecule has 0 aromatic rings. The molecule has 6 heteroatoms. The summed E-state index contributed by atoms with van der Waals surface area (Å²) in [7, 11) is 0. The number of carboxylic acids is 2. The first kappa shape index (κ1) is 17.4. The summed E-state index contributed by atoms with van der Waals surface area (Å²) in [5.74, 6) is -2.76. The lowest BCUT2D eigenvalue weighted by atomic mass is 9.97. The number of hydrogen-bond donors (Lipinski definition) is 3. The van der Waals surface area contributed by atoms with Crippen molar-refractivity contribution in [2.24, 2.45) is 5.92 Å². The van der Waals surface area contributed by atoms with E-state index in [-0.39, 0.29) is 24.7 Å². The van der Waals surface area contributed by atoms with Crippen molar-refractivity contribution < 1.29 is 24.6 Å². The molecule has 0 rings (SSSR count). The summed E-state index contributed by atoms with van der Waals surface area (Å²) in [5, 5.41) is 19.9. The van der Waals surface area contributed by atoms with E-state index in [4.69, 9.17) is 10.2 Å². The van der Waals surface area contributed by atoms with Crippen LogP contribution < -0.4 is 5.32 Å². The van der Waals surface area contributed by atoms with Gasteiger partial charge in [-0.05, 0) is 19.3 Å². The molecular formula is C13H23NO5. The third-order valence-electron chi connectivity index (χ3n) is 3.03. The molecule has 0 radical (unpaired) electrons. The Balaban J connectivity index is 4.42. The highest BCUT2D eigenvalue weighted by Crippen LogP contribution is 2.13. The minimum Gasteiger partial charge on any atom is -0.481 e. The van der Waals surface area contributed by atoms with E-state index < -0.39 is 18.0 Å². The molecule has 0 heterocycles. The van der Waals surface area contributed by atoms with Crippen LogP contribution >= 0.6 is 0 Å². The molecular weight excluding hydrogens is 250 g/mol. The SMILES string of the molecule is CCCCC(CC)C(=O)NC(CCC(=O)O)C(=O)O. The molecule has 0 aliphatic carbocycles. The zero-order valence-corrected chi connectivity index (χ0v) is 11.5. The van der Waals surface area contributed by atoms with Crippen molar-refractivity contribution in [3.8, 4) is 0 Å². The fraction of sp³-hybridized carbons (Fsp3) is 0.769. The number of rotatable bonds is 10. The second-order valence-corrected chi connectivity index (χ2v) is 4.58. The summed E-state index contributed by atoms with van der Waals surface area (Å²) in [6.07, 6.45) is 2.90. The number of amides is 1. The zero-order chi connectivity index (χ0) is 14.8. The molecule has 0 spiro atoms. The van der Waals surface area contributed by atoms with E-state index in [2.05, 4.69) is 5.32 Å². The van der Waals surface area contributed by atoms with Crippen molar-refractivity contribution in [1.82, 2.24) is 5.32 Å². The van der Waals surface area contributed by atoms with Crippen molar-refractivity contribution in [3.05, 3.63) is 0 Å². The fourth-order valence-electron chi connectivity index (χ4n) is 1.79. The van der Waals surface area contributed by atoms with Crippen LogP contribution in [0.25, 0.3) is 0 Å². The predicted octanol–water partition coefficient (Wildman–Crippen LogP) is 1.64. The number of unbranched alkanes of at least 4 members (excludes halogenated alkanes) is 1. The first-order valence-corrected chi connectivity index (χ1v) is 6.67. The molecule has 2 unspecified atom stereocenters. The lowest BCUT2D eigenvalue weighted by Gasteiger charge is -2.18. The van der Waals surface area contributed by atoms with Crippen LogP contribution in [-0.4, -0.2) is 34.1 Å². The fourth-order valence-corrected chi connectivity index (χ4v) is 1.79. The monoisotopic (exact) mass is 273 g/mol. The van der Waals surface area contributed by atoms with E-state index in [1.54, 1.807) is 0 Å². The minimum absolute atomic E-state index is 0.0966. The van der Waals surface area contributed by atoms with Gasteiger partial charge in [0.05, 0.1) is 0 Å². The summed E-state index contributed by atoms with van der Waals surface area (Å²) in [5.41, 5.74) is 0. The maximum Gasteiger partial charge on any atom is 0.326 e. The van der Waals surface area contributed by atoms with E-state index in [0.717, 1.165) is 19.3 Å². The maximum atomic E-state index is 11.9. The third-order valence-corrected chi connectivity index (χ3v) is 3.03. The van der Waals surface area contributed by atoms with Crippen molar-refractivity contribution in [2.45, 2.75) is 58.4 Å². The van der Waals surface area contributed by atoms with E-state index in [1.807, 2.05) is 13.8 Å². The van der Waals surface area contributed by atoms with Gasteiger partial charge < -0.3 is 15.5 Å². The van der Waals surface area contributed by atoms with Gasteiger partial charge in [0.25, 0.3) is 0 Å². The quantitative estimate of drug-likeness (QED) is 0.561. The second kappa shape index (κ2) is 9.35. The van der Waals surface area contributed by atoms with Crippen LogP contribution in [0.1, 0.15) is 52.4 Å². The van der Waals surface area contributed by atoms with Crippen LogP contribution in [0.4, 0.5) is 0 Å². The van der Waals surface area contributed by atoms with E-state index in [9.17, 15) is 14.4 Å². The van der Waals surface area contributed by atoms with Gasteiger partial charge in [-0.25, -0.2) is 4.79 Å². The molecule has 0 fully saturated rings. The molecule has 2 atom stereocenters. The molecule has 1 amide bonds. The van der Waals surface area contributed by atoms with Gasteiger partial charge in [-0.1, -0.05) is 26.7 Å². The minimum atomic E-state index is -1.19. The van der Waals surface area contributed by atoms with Crippen LogP contribution in [0.15, 0.2) is 0 Å².